The van der Waals surface area contributed by atoms with Crippen LogP contribution in [-0.4, -0.2) is 14.8 Å². The molecule has 2 aromatic heterocycles. The first-order chi connectivity index (χ1) is 11.1. The molecule has 1 aromatic carbocycles. The molecule has 0 aliphatic heterocycles. The van der Waals surface area contributed by atoms with E-state index >= 15 is 0 Å². The summed E-state index contributed by atoms with van der Waals surface area (Å²) in [7, 11) is 1.91. The number of halogens is 1. The second kappa shape index (κ2) is 5.39. The van der Waals surface area contributed by atoms with E-state index in [9.17, 15) is 0 Å². The summed E-state index contributed by atoms with van der Waals surface area (Å²) >= 11 is 6.59. The van der Waals surface area contributed by atoms with E-state index in [2.05, 4.69) is 34.1 Å². The number of rotatable bonds is 4. The number of anilines is 1. The predicted octanol–water partition coefficient (Wildman–Crippen LogP) is 4.62. The lowest BCUT2D eigenvalue weighted by Gasteiger charge is -2.11. The maximum atomic E-state index is 6.59. The van der Waals surface area contributed by atoms with Gasteiger partial charge in [0.25, 0.3) is 0 Å². The van der Waals surface area contributed by atoms with Crippen molar-refractivity contribution in [1.29, 1.82) is 0 Å². The van der Waals surface area contributed by atoms with E-state index in [1.54, 1.807) is 4.68 Å². The van der Waals surface area contributed by atoms with Crippen LogP contribution in [0.25, 0.3) is 21.9 Å². The van der Waals surface area contributed by atoms with Crippen LogP contribution in [0.4, 0.5) is 5.82 Å². The molecule has 0 unspecified atom stereocenters. The lowest BCUT2D eigenvalue weighted by Crippen LogP contribution is -2.02. The van der Waals surface area contributed by atoms with Crippen molar-refractivity contribution in [1.82, 2.24) is 14.8 Å². The summed E-state index contributed by atoms with van der Waals surface area (Å²) < 4.78 is 1.79. The topological polar surface area (TPSA) is 42.7 Å². The van der Waals surface area contributed by atoms with Gasteiger partial charge in [-0.05, 0) is 30.4 Å². The van der Waals surface area contributed by atoms with E-state index in [0.717, 1.165) is 27.6 Å². The maximum Gasteiger partial charge on any atom is 0.149 e. The summed E-state index contributed by atoms with van der Waals surface area (Å²) in [5.41, 5.74) is 3.16. The molecule has 0 bridgehead atoms. The van der Waals surface area contributed by atoms with E-state index in [-0.39, 0.29) is 0 Å². The molecule has 4 nitrogen and oxygen atoms in total. The van der Waals surface area contributed by atoms with E-state index < -0.39 is 0 Å². The highest BCUT2D eigenvalue weighted by atomic mass is 35.5. The zero-order valence-corrected chi connectivity index (χ0v) is 13.6. The van der Waals surface area contributed by atoms with Gasteiger partial charge in [-0.2, -0.15) is 5.10 Å². The van der Waals surface area contributed by atoms with Gasteiger partial charge in [0, 0.05) is 41.5 Å². The van der Waals surface area contributed by atoms with Gasteiger partial charge in [-0.25, -0.2) is 4.98 Å². The maximum absolute atomic E-state index is 6.59. The first-order valence-electron chi connectivity index (χ1n) is 7.65. The number of nitrogens with zero attached hydrogens (tertiary/aromatic N) is 3. The van der Waals surface area contributed by atoms with Crippen LogP contribution in [0.15, 0.2) is 49.1 Å². The average Bonchev–Trinajstić information content (AvgIpc) is 3.32. The molecular weight excluding hydrogens is 308 g/mol. The molecule has 1 aliphatic carbocycles. The number of aryl methyl sites for hydroxylation is 1. The van der Waals surface area contributed by atoms with Crippen LogP contribution in [0, 0.1) is 5.92 Å². The summed E-state index contributed by atoms with van der Waals surface area (Å²) in [6.07, 6.45) is 8.08. The molecule has 0 amide bonds. The summed E-state index contributed by atoms with van der Waals surface area (Å²) in [5.74, 6) is 1.24. The van der Waals surface area contributed by atoms with Crippen molar-refractivity contribution in [3.05, 3.63) is 54.1 Å². The molecule has 116 valence electrons. The van der Waals surface area contributed by atoms with Gasteiger partial charge in [0.05, 0.1) is 11.2 Å². The Morgan fingerprint density at radius 3 is 2.83 bits per heavy atom. The minimum Gasteiger partial charge on any atom is -0.343 e. The minimum absolute atomic E-state index is 0.560. The number of hydrogen-bond donors (Lipinski definition) is 1. The van der Waals surface area contributed by atoms with Gasteiger partial charge in [-0.15, -0.1) is 0 Å². The average molecular weight is 325 g/mol. The molecule has 2 heterocycles. The number of pyridine rings is 1. The van der Waals surface area contributed by atoms with Gasteiger partial charge in [-0.3, -0.25) is 4.68 Å². The van der Waals surface area contributed by atoms with Gasteiger partial charge in [0.2, 0.25) is 0 Å². The molecule has 5 heteroatoms. The Labute approximate surface area is 139 Å². The second-order valence-electron chi connectivity index (χ2n) is 6.05. The Kier molecular flexibility index (Phi) is 3.34. The van der Waals surface area contributed by atoms with Crippen LogP contribution < -0.4 is 5.32 Å². The van der Waals surface area contributed by atoms with Gasteiger partial charge < -0.3 is 5.32 Å². The lowest BCUT2D eigenvalue weighted by atomic mass is 10.0. The molecule has 0 radical (unpaired) electrons. The van der Waals surface area contributed by atoms with Gasteiger partial charge in [0.15, 0.2) is 0 Å². The molecule has 1 fully saturated rings. The first kappa shape index (κ1) is 14.3. The summed E-state index contributed by atoms with van der Waals surface area (Å²) in [5, 5.41) is 10.1. The summed E-state index contributed by atoms with van der Waals surface area (Å²) in [4.78, 5) is 4.44. The Bertz CT molecular complexity index is 909. The molecule has 0 atom stereocenters. The number of fused-ring (bicyclic) bond motifs is 1. The normalized spacial score (nSPS) is 14.2. The first-order valence-corrected chi connectivity index (χ1v) is 8.03. The minimum atomic E-state index is 0.560. The third-order valence-corrected chi connectivity index (χ3v) is 4.60. The number of hydrogen-bond acceptors (Lipinski definition) is 3. The largest absolute Gasteiger partial charge is 0.343 e. The van der Waals surface area contributed by atoms with Crippen molar-refractivity contribution in [3.8, 4) is 11.1 Å². The second-order valence-corrected chi connectivity index (χ2v) is 6.43. The molecule has 0 spiro atoms. The van der Waals surface area contributed by atoms with Crippen molar-refractivity contribution in [2.24, 2.45) is 13.0 Å². The van der Waals surface area contributed by atoms with Crippen LogP contribution in [0.3, 0.4) is 0 Å². The van der Waals surface area contributed by atoms with Crippen LogP contribution in [0.5, 0.6) is 0 Å². The van der Waals surface area contributed by atoms with Crippen molar-refractivity contribution in [2.45, 2.75) is 12.8 Å². The molecule has 3 aromatic rings. The monoisotopic (exact) mass is 324 g/mol. The smallest absolute Gasteiger partial charge is 0.149 e. The van der Waals surface area contributed by atoms with Crippen molar-refractivity contribution >= 4 is 28.2 Å². The van der Waals surface area contributed by atoms with Gasteiger partial charge in [0.1, 0.15) is 5.82 Å². The lowest BCUT2D eigenvalue weighted by molar-refractivity contribution is 0.768. The predicted molar refractivity (Wildman–Crippen MR) is 94.4 cm³/mol. The highest BCUT2D eigenvalue weighted by Crippen LogP contribution is 2.38. The zero-order chi connectivity index (χ0) is 16.0. The van der Waals surface area contributed by atoms with E-state index in [4.69, 9.17) is 11.6 Å². The number of benzene rings is 1. The molecule has 23 heavy (non-hydrogen) atoms. The van der Waals surface area contributed by atoms with E-state index in [1.807, 2.05) is 31.7 Å². The fourth-order valence-electron chi connectivity index (χ4n) is 2.70. The summed E-state index contributed by atoms with van der Waals surface area (Å²) in [6, 6.07) is 6.19. The van der Waals surface area contributed by atoms with Gasteiger partial charge >= 0.3 is 0 Å². The van der Waals surface area contributed by atoms with Crippen LogP contribution >= 0.6 is 11.6 Å². The molecule has 1 N–H and O–H groups in total. The number of nitrogens with one attached hydrogen (secondary N) is 1. The third kappa shape index (κ3) is 2.70. The molecule has 1 aliphatic rings. The van der Waals surface area contributed by atoms with Crippen LogP contribution in [0.1, 0.15) is 12.8 Å². The van der Waals surface area contributed by atoms with Crippen molar-refractivity contribution in [3.63, 3.8) is 0 Å². The highest BCUT2D eigenvalue weighted by molar-refractivity contribution is 6.38. The van der Waals surface area contributed by atoms with E-state index in [0.29, 0.717) is 16.8 Å². The Morgan fingerprint density at radius 2 is 2.13 bits per heavy atom. The number of allylic oxidation sites excluding steroid dienone is 1. The van der Waals surface area contributed by atoms with Gasteiger partial charge in [-0.1, -0.05) is 30.3 Å². The Balaban J connectivity index is 1.76. The molecule has 4 rings (SSSR count). The quantitative estimate of drug-likeness (QED) is 0.761. The molecule has 1 saturated carbocycles. The van der Waals surface area contributed by atoms with E-state index in [1.165, 1.54) is 12.8 Å². The highest BCUT2D eigenvalue weighted by Gasteiger charge is 2.25. The molecule has 0 saturated heterocycles. The number of aromatic nitrogens is 3. The fourth-order valence-corrected chi connectivity index (χ4v) is 2.96. The summed E-state index contributed by atoms with van der Waals surface area (Å²) in [6.45, 7) is 4.08. The fraction of sp³-hybridized carbons (Fsp3) is 0.222. The SMILES string of the molecule is C=C(Nc1ncc2ccc(-c3cnn(C)c3)cc2c1Cl)C1CC1. The Morgan fingerprint density at radius 1 is 1.30 bits per heavy atom. The van der Waals surface area contributed by atoms with Crippen molar-refractivity contribution in [2.75, 3.05) is 5.32 Å². The standard InChI is InChI=1S/C18H17ClN4/c1-11(12-3-4-12)22-18-17(19)16-7-13(5-6-14(16)8-20-18)15-9-21-23(2)10-15/h5-10,12H,1,3-4H2,2H3,(H,20,22). The zero-order valence-electron chi connectivity index (χ0n) is 12.9. The van der Waals surface area contributed by atoms with Crippen LogP contribution in [-0.2, 0) is 7.05 Å². The van der Waals surface area contributed by atoms with Crippen molar-refractivity contribution < 1.29 is 0 Å². The third-order valence-electron chi connectivity index (χ3n) is 4.22. The Hall–Kier alpha value is -2.33. The van der Waals surface area contributed by atoms with Crippen LogP contribution in [0.2, 0.25) is 5.02 Å². The molecular formula is C18H17ClN4.